The number of thioether (sulfide) groups is 1. The minimum Gasteiger partial charge on any atom is -0.431 e. The number of carbonyl (C=O) groups excluding carboxylic acids is 1. The second kappa shape index (κ2) is 7.74. The van der Waals surface area contributed by atoms with E-state index >= 15 is 0 Å². The molecule has 25 heavy (non-hydrogen) atoms. The van der Waals surface area contributed by atoms with Crippen molar-refractivity contribution in [3.63, 3.8) is 0 Å². The summed E-state index contributed by atoms with van der Waals surface area (Å²) in [5.74, 6) is 0.724. The summed E-state index contributed by atoms with van der Waals surface area (Å²) in [6.45, 7) is 6.09. The predicted molar refractivity (Wildman–Crippen MR) is 102 cm³/mol. The molecular formula is C20H22N2O2S. The van der Waals surface area contributed by atoms with Gasteiger partial charge in [-0.25, -0.2) is 4.98 Å². The van der Waals surface area contributed by atoms with Crippen LogP contribution >= 0.6 is 11.8 Å². The smallest absolute Gasteiger partial charge is 0.257 e. The lowest BCUT2D eigenvalue weighted by molar-refractivity contribution is 0.0939. The Morgan fingerprint density at radius 3 is 2.68 bits per heavy atom. The molecule has 0 aliphatic rings. The Kier molecular flexibility index (Phi) is 5.43. The summed E-state index contributed by atoms with van der Waals surface area (Å²) in [6, 6.07) is 13.8. The highest BCUT2D eigenvalue weighted by Gasteiger charge is 2.10. The first-order valence-electron chi connectivity index (χ1n) is 8.45. The number of aromatic nitrogens is 1. The summed E-state index contributed by atoms with van der Waals surface area (Å²) in [6.07, 6.45) is 0.921. The molecule has 0 fully saturated rings. The second-order valence-corrected chi connectivity index (χ2v) is 7.10. The maximum atomic E-state index is 12.1. The number of hydrogen-bond donors (Lipinski definition) is 1. The van der Waals surface area contributed by atoms with Gasteiger partial charge in [-0.1, -0.05) is 43.0 Å². The summed E-state index contributed by atoms with van der Waals surface area (Å²) in [4.78, 5) is 16.6. The van der Waals surface area contributed by atoms with Crippen molar-refractivity contribution in [3.8, 4) is 0 Å². The SMILES string of the molecule is CC[C@@H](C)NC(=O)c1ccc(CSc2nc3c(C)cccc3o2)cc1. The molecule has 0 bridgehead atoms. The van der Waals surface area contributed by atoms with Crippen LogP contribution in [0.2, 0.25) is 0 Å². The Morgan fingerprint density at radius 1 is 1.24 bits per heavy atom. The molecule has 0 unspecified atom stereocenters. The van der Waals surface area contributed by atoms with Crippen molar-refractivity contribution in [1.29, 1.82) is 0 Å². The van der Waals surface area contributed by atoms with Crippen molar-refractivity contribution in [2.24, 2.45) is 0 Å². The molecule has 130 valence electrons. The molecule has 4 nitrogen and oxygen atoms in total. The first kappa shape index (κ1) is 17.5. The third-order valence-corrected chi connectivity index (χ3v) is 5.07. The molecule has 0 aliphatic heterocycles. The van der Waals surface area contributed by atoms with E-state index in [1.807, 2.05) is 56.3 Å². The number of amides is 1. The lowest BCUT2D eigenvalue weighted by Crippen LogP contribution is -2.31. The lowest BCUT2D eigenvalue weighted by Gasteiger charge is -2.11. The van der Waals surface area contributed by atoms with E-state index in [-0.39, 0.29) is 11.9 Å². The minimum atomic E-state index is -0.0250. The molecule has 0 radical (unpaired) electrons. The molecule has 5 heteroatoms. The lowest BCUT2D eigenvalue weighted by atomic mass is 10.1. The molecule has 3 aromatic rings. The van der Waals surface area contributed by atoms with E-state index in [1.165, 1.54) is 0 Å². The first-order chi connectivity index (χ1) is 12.1. The Labute approximate surface area is 152 Å². The molecule has 1 heterocycles. The quantitative estimate of drug-likeness (QED) is 0.636. The normalized spacial score (nSPS) is 12.3. The van der Waals surface area contributed by atoms with Gasteiger partial charge in [-0.15, -0.1) is 0 Å². The number of benzene rings is 2. The largest absolute Gasteiger partial charge is 0.431 e. The van der Waals surface area contributed by atoms with Crippen LogP contribution in [0.25, 0.3) is 11.1 Å². The Bertz CT molecular complexity index is 871. The summed E-state index contributed by atoms with van der Waals surface area (Å²) in [5.41, 5.74) is 4.67. The molecule has 0 aliphatic carbocycles. The number of rotatable bonds is 6. The van der Waals surface area contributed by atoms with Crippen LogP contribution in [-0.2, 0) is 5.75 Å². The van der Waals surface area contributed by atoms with Crippen molar-refractivity contribution in [2.75, 3.05) is 0 Å². The standard InChI is InChI=1S/C20H22N2O2S/c1-4-14(3)21-19(23)16-10-8-15(9-11-16)12-25-20-22-18-13(2)6-5-7-17(18)24-20/h5-11,14H,4,12H2,1-3H3,(H,21,23)/t14-/m1/s1. The Morgan fingerprint density at radius 2 is 2.00 bits per heavy atom. The van der Waals surface area contributed by atoms with Crippen LogP contribution in [0.3, 0.4) is 0 Å². The van der Waals surface area contributed by atoms with Gasteiger partial charge in [0, 0.05) is 17.4 Å². The number of aryl methyl sites for hydroxylation is 1. The van der Waals surface area contributed by atoms with Crippen molar-refractivity contribution < 1.29 is 9.21 Å². The number of carbonyl (C=O) groups is 1. The molecule has 1 atom stereocenters. The predicted octanol–water partition coefficient (Wildman–Crippen LogP) is 4.96. The number of oxazole rings is 1. The van der Waals surface area contributed by atoms with Gasteiger partial charge < -0.3 is 9.73 Å². The molecular weight excluding hydrogens is 332 g/mol. The monoisotopic (exact) mass is 354 g/mol. The number of nitrogens with zero attached hydrogens (tertiary/aromatic N) is 1. The van der Waals surface area contributed by atoms with E-state index in [0.29, 0.717) is 10.8 Å². The zero-order valence-corrected chi connectivity index (χ0v) is 15.5. The average Bonchev–Trinajstić information content (AvgIpc) is 3.05. The van der Waals surface area contributed by atoms with Crippen molar-refractivity contribution in [1.82, 2.24) is 10.3 Å². The molecule has 1 amide bonds. The first-order valence-corrected chi connectivity index (χ1v) is 9.44. The summed E-state index contributed by atoms with van der Waals surface area (Å²) in [7, 11) is 0. The van der Waals surface area contributed by atoms with Crippen LogP contribution in [0.15, 0.2) is 52.1 Å². The number of para-hydroxylation sites is 1. The summed E-state index contributed by atoms with van der Waals surface area (Å²) in [5, 5.41) is 3.64. The molecule has 1 aromatic heterocycles. The van der Waals surface area contributed by atoms with Gasteiger partial charge in [0.05, 0.1) is 0 Å². The fourth-order valence-corrected chi connectivity index (χ4v) is 3.22. The van der Waals surface area contributed by atoms with Crippen LogP contribution in [0.5, 0.6) is 0 Å². The Balaban J connectivity index is 1.63. The van der Waals surface area contributed by atoms with Gasteiger partial charge in [-0.3, -0.25) is 4.79 Å². The van der Waals surface area contributed by atoms with Crippen molar-refractivity contribution >= 4 is 28.8 Å². The zero-order chi connectivity index (χ0) is 17.8. The van der Waals surface area contributed by atoms with Crippen LogP contribution in [0, 0.1) is 6.92 Å². The Hall–Kier alpha value is -2.27. The number of fused-ring (bicyclic) bond motifs is 1. The van der Waals surface area contributed by atoms with Crippen molar-refractivity contribution in [2.45, 2.75) is 44.2 Å². The molecule has 2 aromatic carbocycles. The van der Waals surface area contributed by atoms with Gasteiger partial charge in [-0.2, -0.15) is 0 Å². The van der Waals surface area contributed by atoms with E-state index in [2.05, 4.69) is 17.2 Å². The molecule has 1 N–H and O–H groups in total. The third-order valence-electron chi connectivity index (χ3n) is 4.17. The fourth-order valence-electron chi connectivity index (χ4n) is 2.43. The maximum Gasteiger partial charge on any atom is 0.257 e. The zero-order valence-electron chi connectivity index (χ0n) is 14.7. The highest BCUT2D eigenvalue weighted by Crippen LogP contribution is 2.27. The average molecular weight is 354 g/mol. The van der Waals surface area contributed by atoms with E-state index in [4.69, 9.17) is 4.42 Å². The summed E-state index contributed by atoms with van der Waals surface area (Å²) >= 11 is 1.56. The molecule has 0 saturated heterocycles. The van der Waals surface area contributed by atoms with E-state index < -0.39 is 0 Å². The van der Waals surface area contributed by atoms with E-state index in [0.717, 1.165) is 34.4 Å². The minimum absolute atomic E-state index is 0.0250. The van der Waals surface area contributed by atoms with Gasteiger partial charge in [-0.05, 0) is 49.6 Å². The van der Waals surface area contributed by atoms with Crippen LogP contribution < -0.4 is 5.32 Å². The fraction of sp³-hybridized carbons (Fsp3) is 0.300. The van der Waals surface area contributed by atoms with Gasteiger partial charge >= 0.3 is 0 Å². The van der Waals surface area contributed by atoms with E-state index in [1.54, 1.807) is 11.8 Å². The molecule has 3 rings (SSSR count). The highest BCUT2D eigenvalue weighted by atomic mass is 32.2. The topological polar surface area (TPSA) is 55.1 Å². The van der Waals surface area contributed by atoms with Gasteiger partial charge in [0.2, 0.25) is 0 Å². The highest BCUT2D eigenvalue weighted by molar-refractivity contribution is 7.98. The van der Waals surface area contributed by atoms with Crippen molar-refractivity contribution in [3.05, 3.63) is 59.2 Å². The maximum absolute atomic E-state index is 12.1. The number of hydrogen-bond acceptors (Lipinski definition) is 4. The summed E-state index contributed by atoms with van der Waals surface area (Å²) < 4.78 is 5.78. The van der Waals surface area contributed by atoms with Gasteiger partial charge in [0.25, 0.3) is 11.1 Å². The third kappa shape index (κ3) is 4.23. The van der Waals surface area contributed by atoms with E-state index in [9.17, 15) is 4.79 Å². The van der Waals surface area contributed by atoms with Crippen LogP contribution in [-0.4, -0.2) is 16.9 Å². The molecule has 0 spiro atoms. The van der Waals surface area contributed by atoms with Gasteiger partial charge in [0.1, 0.15) is 5.52 Å². The van der Waals surface area contributed by atoms with Gasteiger partial charge in [0.15, 0.2) is 5.58 Å². The van der Waals surface area contributed by atoms with Crippen LogP contribution in [0.1, 0.15) is 41.8 Å². The van der Waals surface area contributed by atoms with Crippen LogP contribution in [0.4, 0.5) is 0 Å². The molecule has 0 saturated carbocycles. The number of nitrogens with one attached hydrogen (secondary N) is 1. The second-order valence-electron chi connectivity index (χ2n) is 6.17.